The Morgan fingerprint density at radius 2 is 1.68 bits per heavy atom. The zero-order valence-corrected chi connectivity index (χ0v) is 22.5. The third-order valence-electron chi connectivity index (χ3n) is 4.98. The van der Waals surface area contributed by atoms with Crippen molar-refractivity contribution < 1.29 is 22.7 Å². The molecule has 0 aliphatic carbocycles. The van der Waals surface area contributed by atoms with E-state index in [1.54, 1.807) is 38.1 Å². The van der Waals surface area contributed by atoms with Gasteiger partial charge in [-0.15, -0.1) is 0 Å². The largest absolute Gasteiger partial charge is 0.492 e. The zero-order valence-electron chi connectivity index (χ0n) is 20.1. The van der Waals surface area contributed by atoms with Gasteiger partial charge in [0.15, 0.2) is 0 Å². The van der Waals surface area contributed by atoms with Gasteiger partial charge in [-0.2, -0.15) is 0 Å². The fourth-order valence-electron chi connectivity index (χ4n) is 3.31. The number of nitrogens with zero attached hydrogens (tertiary/aromatic N) is 2. The van der Waals surface area contributed by atoms with Crippen molar-refractivity contribution in [3.8, 4) is 5.75 Å². The maximum atomic E-state index is 13.5. The van der Waals surface area contributed by atoms with Crippen LogP contribution in [0.15, 0.2) is 53.0 Å². The van der Waals surface area contributed by atoms with E-state index in [1.807, 2.05) is 38.1 Å². The number of ether oxygens (including phenoxy) is 1. The molecule has 0 aromatic heterocycles. The van der Waals surface area contributed by atoms with Crippen molar-refractivity contribution in [2.75, 3.05) is 23.7 Å². The average Bonchev–Trinajstić information content (AvgIpc) is 2.76. The molecule has 0 aliphatic rings. The molecule has 1 N–H and O–H groups in total. The number of nitrogens with one attached hydrogen (secondary N) is 1. The first-order valence-electron chi connectivity index (χ1n) is 11.0. The van der Waals surface area contributed by atoms with Crippen LogP contribution in [0.25, 0.3) is 0 Å². The number of para-hydroxylation sites is 2. The van der Waals surface area contributed by atoms with Gasteiger partial charge in [0.2, 0.25) is 21.8 Å². The second-order valence-electron chi connectivity index (χ2n) is 8.16. The van der Waals surface area contributed by atoms with Crippen LogP contribution >= 0.6 is 15.9 Å². The standard InChI is InChI=1S/C24H32BrN3O5S/c1-6-33-22-10-8-7-9-21(22)28(34(5,31)32)16-23(29)27(18(4)24(30)26-17(2)3)15-19-11-13-20(25)14-12-19/h7-14,17-18H,6,15-16H2,1-5H3,(H,26,30)/t18-/m1/s1. The van der Waals surface area contributed by atoms with Crippen molar-refractivity contribution in [1.29, 1.82) is 0 Å². The predicted octanol–water partition coefficient (Wildman–Crippen LogP) is 3.56. The van der Waals surface area contributed by atoms with Crippen molar-refractivity contribution in [2.45, 2.75) is 46.3 Å². The minimum absolute atomic E-state index is 0.106. The summed E-state index contributed by atoms with van der Waals surface area (Å²) < 4.78 is 32.9. The van der Waals surface area contributed by atoms with Crippen molar-refractivity contribution in [2.24, 2.45) is 0 Å². The fraction of sp³-hybridized carbons (Fsp3) is 0.417. The Labute approximate surface area is 210 Å². The first-order chi connectivity index (χ1) is 15.9. The molecule has 0 bridgehead atoms. The van der Waals surface area contributed by atoms with E-state index in [9.17, 15) is 18.0 Å². The Balaban J connectivity index is 2.42. The average molecular weight is 555 g/mol. The quantitative estimate of drug-likeness (QED) is 0.459. The minimum Gasteiger partial charge on any atom is -0.492 e. The normalized spacial score (nSPS) is 12.2. The second-order valence-corrected chi connectivity index (χ2v) is 11.0. The number of hydrogen-bond acceptors (Lipinski definition) is 5. The highest BCUT2D eigenvalue weighted by atomic mass is 79.9. The molecule has 0 fully saturated rings. The monoisotopic (exact) mass is 553 g/mol. The van der Waals surface area contributed by atoms with Crippen LogP contribution in [0.4, 0.5) is 5.69 Å². The van der Waals surface area contributed by atoms with E-state index in [2.05, 4.69) is 21.2 Å². The summed E-state index contributed by atoms with van der Waals surface area (Å²) in [6.45, 7) is 7.10. The van der Waals surface area contributed by atoms with Crippen molar-refractivity contribution in [3.05, 3.63) is 58.6 Å². The number of sulfonamides is 1. The number of carbonyl (C=O) groups is 2. The zero-order chi connectivity index (χ0) is 25.5. The van der Waals surface area contributed by atoms with E-state index in [0.29, 0.717) is 12.4 Å². The van der Waals surface area contributed by atoms with Crippen LogP contribution in [0.3, 0.4) is 0 Å². The molecule has 0 radical (unpaired) electrons. The Kier molecular flexibility index (Phi) is 9.93. The Bertz CT molecular complexity index is 1090. The highest BCUT2D eigenvalue weighted by Gasteiger charge is 2.31. The van der Waals surface area contributed by atoms with Gasteiger partial charge >= 0.3 is 0 Å². The van der Waals surface area contributed by atoms with Gasteiger partial charge in [-0.25, -0.2) is 8.42 Å². The molecular weight excluding hydrogens is 522 g/mol. The van der Waals surface area contributed by atoms with Crippen LogP contribution < -0.4 is 14.4 Å². The molecule has 0 spiro atoms. The van der Waals surface area contributed by atoms with Crippen LogP contribution in [-0.2, 0) is 26.2 Å². The van der Waals surface area contributed by atoms with Gasteiger partial charge in [0.25, 0.3) is 0 Å². The Hall–Kier alpha value is -2.59. The van der Waals surface area contributed by atoms with E-state index in [1.165, 1.54) is 4.90 Å². The van der Waals surface area contributed by atoms with Crippen LogP contribution in [0.1, 0.15) is 33.3 Å². The van der Waals surface area contributed by atoms with Crippen molar-refractivity contribution in [1.82, 2.24) is 10.2 Å². The van der Waals surface area contributed by atoms with Crippen LogP contribution in [0.2, 0.25) is 0 Å². The molecule has 2 aromatic carbocycles. The molecule has 2 aromatic rings. The van der Waals surface area contributed by atoms with Gasteiger partial charge < -0.3 is 15.0 Å². The third-order valence-corrected chi connectivity index (χ3v) is 6.63. The molecule has 0 heterocycles. The van der Waals surface area contributed by atoms with Gasteiger partial charge in [0.1, 0.15) is 18.3 Å². The lowest BCUT2D eigenvalue weighted by Gasteiger charge is -2.32. The van der Waals surface area contributed by atoms with E-state index < -0.39 is 28.5 Å². The summed E-state index contributed by atoms with van der Waals surface area (Å²) in [6.07, 6.45) is 1.04. The number of halogens is 1. The molecule has 1 atom stereocenters. The lowest BCUT2D eigenvalue weighted by Crippen LogP contribution is -2.52. The molecule has 10 heteroatoms. The molecule has 0 unspecified atom stereocenters. The minimum atomic E-state index is -3.83. The summed E-state index contributed by atoms with van der Waals surface area (Å²) >= 11 is 3.39. The number of amides is 2. The lowest BCUT2D eigenvalue weighted by molar-refractivity contribution is -0.139. The van der Waals surface area contributed by atoms with Crippen LogP contribution in [0, 0.1) is 0 Å². The molecule has 186 valence electrons. The SMILES string of the molecule is CCOc1ccccc1N(CC(=O)N(Cc1ccc(Br)cc1)[C@H](C)C(=O)NC(C)C)S(C)(=O)=O. The number of carbonyl (C=O) groups excluding carboxylic acids is 2. The van der Waals surface area contributed by atoms with Crippen LogP contribution in [-0.4, -0.2) is 56.6 Å². The molecule has 0 saturated heterocycles. The third kappa shape index (κ3) is 7.73. The maximum Gasteiger partial charge on any atom is 0.244 e. The summed E-state index contributed by atoms with van der Waals surface area (Å²) in [5.74, 6) is -0.472. The number of hydrogen-bond donors (Lipinski definition) is 1. The molecule has 0 aliphatic heterocycles. The number of benzene rings is 2. The Morgan fingerprint density at radius 3 is 2.24 bits per heavy atom. The highest BCUT2D eigenvalue weighted by Crippen LogP contribution is 2.30. The summed E-state index contributed by atoms with van der Waals surface area (Å²) in [6, 6.07) is 13.1. The fourth-order valence-corrected chi connectivity index (χ4v) is 4.43. The molecule has 0 saturated carbocycles. The summed E-state index contributed by atoms with van der Waals surface area (Å²) in [7, 11) is -3.83. The Morgan fingerprint density at radius 1 is 1.06 bits per heavy atom. The van der Waals surface area contributed by atoms with Gasteiger partial charge in [-0.05, 0) is 57.5 Å². The van der Waals surface area contributed by atoms with E-state index >= 15 is 0 Å². The molecule has 2 amide bonds. The highest BCUT2D eigenvalue weighted by molar-refractivity contribution is 9.10. The smallest absolute Gasteiger partial charge is 0.244 e. The van der Waals surface area contributed by atoms with Crippen molar-refractivity contribution >= 4 is 43.5 Å². The maximum absolute atomic E-state index is 13.5. The second kappa shape index (κ2) is 12.2. The van der Waals surface area contributed by atoms with Gasteiger partial charge in [0.05, 0.1) is 18.6 Å². The summed E-state index contributed by atoms with van der Waals surface area (Å²) in [4.78, 5) is 27.7. The van der Waals surface area contributed by atoms with E-state index in [4.69, 9.17) is 4.74 Å². The first-order valence-corrected chi connectivity index (χ1v) is 13.6. The van der Waals surface area contributed by atoms with Crippen LogP contribution in [0.5, 0.6) is 5.75 Å². The summed E-state index contributed by atoms with van der Waals surface area (Å²) in [5, 5.41) is 2.82. The van der Waals surface area contributed by atoms with Gasteiger partial charge in [-0.1, -0.05) is 40.2 Å². The summed E-state index contributed by atoms with van der Waals surface area (Å²) in [5.41, 5.74) is 1.07. The topological polar surface area (TPSA) is 96.0 Å². The number of anilines is 1. The predicted molar refractivity (Wildman–Crippen MR) is 137 cm³/mol. The van der Waals surface area contributed by atoms with Crippen molar-refractivity contribution in [3.63, 3.8) is 0 Å². The lowest BCUT2D eigenvalue weighted by atomic mass is 10.1. The first kappa shape index (κ1) is 27.7. The molecular formula is C24H32BrN3O5S. The molecule has 2 rings (SSSR count). The van der Waals surface area contributed by atoms with Gasteiger partial charge in [0, 0.05) is 17.1 Å². The molecule has 34 heavy (non-hydrogen) atoms. The van der Waals surface area contributed by atoms with E-state index in [-0.39, 0.29) is 24.2 Å². The van der Waals surface area contributed by atoms with Gasteiger partial charge in [-0.3, -0.25) is 13.9 Å². The molecule has 8 nitrogen and oxygen atoms in total. The van der Waals surface area contributed by atoms with E-state index in [0.717, 1.165) is 20.6 Å². The number of rotatable bonds is 11.